The van der Waals surface area contributed by atoms with E-state index in [2.05, 4.69) is 52.9 Å². The van der Waals surface area contributed by atoms with Crippen molar-refractivity contribution in [1.82, 2.24) is 20.4 Å². The molecule has 0 amide bonds. The Balaban J connectivity index is 0.00000280. The molecule has 28 heavy (non-hydrogen) atoms. The number of nitrogens with one attached hydrogen (secondary N) is 1. The highest BCUT2D eigenvalue weighted by molar-refractivity contribution is 14.0. The van der Waals surface area contributed by atoms with Crippen LogP contribution in [0.5, 0.6) is 0 Å². The molecular formula is C20H36IN5OS. The van der Waals surface area contributed by atoms with E-state index in [1.54, 1.807) is 0 Å². The van der Waals surface area contributed by atoms with Crippen LogP contribution < -0.4 is 5.32 Å². The number of aromatic nitrogens is 2. The van der Waals surface area contributed by atoms with Crippen LogP contribution >= 0.6 is 35.7 Å². The molecule has 1 spiro atoms. The first-order valence-corrected chi connectivity index (χ1v) is 11.6. The third kappa shape index (κ3) is 6.50. The molecule has 1 aliphatic carbocycles. The van der Waals surface area contributed by atoms with E-state index in [4.69, 9.17) is 9.52 Å². The molecule has 1 aromatic rings. The predicted octanol–water partition coefficient (Wildman–Crippen LogP) is 4.46. The van der Waals surface area contributed by atoms with E-state index in [9.17, 15) is 0 Å². The number of halogens is 1. The molecule has 2 fully saturated rings. The van der Waals surface area contributed by atoms with Crippen LogP contribution in [0.1, 0.15) is 76.9 Å². The molecule has 3 rings (SSSR count). The number of guanidine groups is 1. The molecule has 1 saturated carbocycles. The Morgan fingerprint density at radius 2 is 2.11 bits per heavy atom. The van der Waals surface area contributed by atoms with Crippen LogP contribution in [0.4, 0.5) is 0 Å². The van der Waals surface area contributed by atoms with Gasteiger partial charge in [0.25, 0.3) is 0 Å². The Morgan fingerprint density at radius 3 is 2.79 bits per heavy atom. The minimum absolute atomic E-state index is 0. The van der Waals surface area contributed by atoms with E-state index in [0.717, 1.165) is 56.7 Å². The number of thioether (sulfide) groups is 1. The van der Waals surface area contributed by atoms with E-state index in [1.165, 1.54) is 37.9 Å². The summed E-state index contributed by atoms with van der Waals surface area (Å²) in [5.41, 5.74) is 0. The van der Waals surface area contributed by atoms with Gasteiger partial charge in [-0.3, -0.25) is 4.99 Å². The molecule has 6 nitrogen and oxygen atoms in total. The molecule has 1 aliphatic heterocycles. The normalized spacial score (nSPS) is 19.7. The summed E-state index contributed by atoms with van der Waals surface area (Å²) in [6.07, 6.45) is 8.63. The number of aryl methyl sites for hydroxylation is 1. The molecular weight excluding hydrogens is 485 g/mol. The number of nitrogens with zero attached hydrogens (tertiary/aromatic N) is 4. The van der Waals surface area contributed by atoms with Crippen molar-refractivity contribution in [3.8, 4) is 0 Å². The van der Waals surface area contributed by atoms with Gasteiger partial charge in [-0.25, -0.2) is 0 Å². The highest BCUT2D eigenvalue weighted by Crippen LogP contribution is 2.42. The van der Waals surface area contributed by atoms with Gasteiger partial charge in [0, 0.05) is 49.0 Å². The van der Waals surface area contributed by atoms with E-state index in [0.29, 0.717) is 10.7 Å². The largest absolute Gasteiger partial charge is 0.357 e. The van der Waals surface area contributed by atoms with Crippen LogP contribution in [0.15, 0.2) is 9.52 Å². The van der Waals surface area contributed by atoms with Crippen LogP contribution in [0, 0.1) is 0 Å². The third-order valence-corrected chi connectivity index (χ3v) is 6.99. The summed E-state index contributed by atoms with van der Waals surface area (Å²) < 4.78 is 5.80. The second-order valence-corrected chi connectivity index (χ2v) is 9.62. The zero-order valence-electron chi connectivity index (χ0n) is 17.6. The van der Waals surface area contributed by atoms with Crippen LogP contribution in [-0.4, -0.2) is 57.7 Å². The van der Waals surface area contributed by atoms with Gasteiger partial charge in [0.05, 0.1) is 0 Å². The second-order valence-electron chi connectivity index (χ2n) is 8.05. The highest BCUT2D eigenvalue weighted by Gasteiger charge is 2.38. The maximum absolute atomic E-state index is 5.33. The number of aliphatic imine (C=N–C) groups is 1. The first-order valence-electron chi connectivity index (χ1n) is 10.6. The Hall–Kier alpha value is -0.510. The first-order chi connectivity index (χ1) is 13.1. The highest BCUT2D eigenvalue weighted by atomic mass is 127. The maximum atomic E-state index is 5.33. The molecule has 1 aromatic heterocycles. The van der Waals surface area contributed by atoms with E-state index in [-0.39, 0.29) is 24.0 Å². The van der Waals surface area contributed by atoms with E-state index >= 15 is 0 Å². The maximum Gasteiger partial charge on any atom is 0.226 e. The fraction of sp³-hybridized carbons (Fsp3) is 0.850. The minimum atomic E-state index is 0. The fourth-order valence-corrected chi connectivity index (χ4v) is 5.54. The molecule has 0 unspecified atom stereocenters. The van der Waals surface area contributed by atoms with Gasteiger partial charge in [0.15, 0.2) is 11.8 Å². The lowest BCUT2D eigenvalue weighted by atomic mass is 9.87. The van der Waals surface area contributed by atoms with Gasteiger partial charge >= 0.3 is 0 Å². The molecule has 8 heteroatoms. The zero-order valence-corrected chi connectivity index (χ0v) is 20.7. The molecule has 1 N–H and O–H groups in total. The second kappa shape index (κ2) is 11.6. The lowest BCUT2D eigenvalue weighted by Crippen LogP contribution is -2.53. The smallest absolute Gasteiger partial charge is 0.226 e. The summed E-state index contributed by atoms with van der Waals surface area (Å²) in [4.78, 5) is 11.9. The standard InChI is InChI=1S/C20H35N5OS.HI/c1-4-21-19(22-12-8-9-17-23-18(16(2)3)24-26-17)25-13-14-27-20(15-25)10-6-5-7-11-20;/h16H,4-15H2,1-3H3,(H,21,22);1H. The Morgan fingerprint density at radius 1 is 1.32 bits per heavy atom. The van der Waals surface area contributed by atoms with Gasteiger partial charge in [0.1, 0.15) is 0 Å². The molecule has 0 aromatic carbocycles. The monoisotopic (exact) mass is 521 g/mol. The van der Waals surface area contributed by atoms with Crippen LogP contribution in [0.2, 0.25) is 0 Å². The summed E-state index contributed by atoms with van der Waals surface area (Å²) in [6.45, 7) is 10.3. The molecule has 2 heterocycles. The molecule has 1 saturated heterocycles. The number of hydrogen-bond acceptors (Lipinski definition) is 5. The van der Waals surface area contributed by atoms with Crippen LogP contribution in [0.3, 0.4) is 0 Å². The molecule has 0 bridgehead atoms. The SMILES string of the molecule is CCNC(=NCCCc1nc(C(C)C)no1)N1CCSC2(CCCCC2)C1.I. The summed E-state index contributed by atoms with van der Waals surface area (Å²) in [6, 6.07) is 0. The summed E-state index contributed by atoms with van der Waals surface area (Å²) >= 11 is 2.20. The average Bonchev–Trinajstić information content (AvgIpc) is 3.14. The molecule has 0 radical (unpaired) electrons. The van der Waals surface area contributed by atoms with Gasteiger partial charge in [-0.15, -0.1) is 24.0 Å². The predicted molar refractivity (Wildman–Crippen MR) is 128 cm³/mol. The molecule has 160 valence electrons. The Bertz CT molecular complexity index is 610. The van der Waals surface area contributed by atoms with Gasteiger partial charge < -0.3 is 14.7 Å². The van der Waals surface area contributed by atoms with Gasteiger partial charge in [0.2, 0.25) is 5.89 Å². The molecule has 2 aliphatic rings. The summed E-state index contributed by atoms with van der Waals surface area (Å²) in [5, 5.41) is 7.54. The Kier molecular flexibility index (Phi) is 9.86. The lowest BCUT2D eigenvalue weighted by Gasteiger charge is -2.45. The number of hydrogen-bond donors (Lipinski definition) is 1. The molecule has 0 atom stereocenters. The fourth-order valence-electron chi connectivity index (χ4n) is 3.97. The van der Waals surface area contributed by atoms with Gasteiger partial charge in [-0.1, -0.05) is 38.3 Å². The minimum Gasteiger partial charge on any atom is -0.357 e. The van der Waals surface area contributed by atoms with Crippen molar-refractivity contribution in [3.63, 3.8) is 0 Å². The van der Waals surface area contributed by atoms with Crippen molar-refractivity contribution in [1.29, 1.82) is 0 Å². The van der Waals surface area contributed by atoms with Crippen molar-refractivity contribution >= 4 is 41.7 Å². The summed E-state index contributed by atoms with van der Waals surface area (Å²) in [7, 11) is 0. The van der Waals surface area contributed by atoms with E-state index in [1.807, 2.05) is 0 Å². The van der Waals surface area contributed by atoms with Crippen LogP contribution in [0.25, 0.3) is 0 Å². The van der Waals surface area contributed by atoms with Crippen molar-refractivity contribution < 1.29 is 4.52 Å². The van der Waals surface area contributed by atoms with Gasteiger partial charge in [-0.2, -0.15) is 16.7 Å². The summed E-state index contributed by atoms with van der Waals surface area (Å²) in [5.74, 6) is 4.13. The topological polar surface area (TPSA) is 66.5 Å². The zero-order chi connectivity index (χ0) is 19.1. The van der Waals surface area contributed by atoms with Crippen molar-refractivity contribution in [2.24, 2.45) is 4.99 Å². The quantitative estimate of drug-likeness (QED) is 0.258. The van der Waals surface area contributed by atoms with Crippen molar-refractivity contribution in [3.05, 3.63) is 11.7 Å². The Labute approximate surface area is 191 Å². The van der Waals surface area contributed by atoms with Gasteiger partial charge in [-0.05, 0) is 26.2 Å². The number of rotatable bonds is 6. The first kappa shape index (κ1) is 23.8. The van der Waals surface area contributed by atoms with E-state index < -0.39 is 0 Å². The average molecular weight is 522 g/mol. The van der Waals surface area contributed by atoms with Crippen molar-refractivity contribution in [2.45, 2.75) is 76.4 Å². The van der Waals surface area contributed by atoms with Crippen LogP contribution in [-0.2, 0) is 6.42 Å². The third-order valence-electron chi connectivity index (χ3n) is 5.46. The lowest BCUT2D eigenvalue weighted by molar-refractivity contribution is 0.293. The van der Waals surface area contributed by atoms with Crippen molar-refractivity contribution in [2.75, 3.05) is 31.9 Å².